The third-order valence-corrected chi connectivity index (χ3v) is 3.08. The van der Waals surface area contributed by atoms with E-state index in [0.29, 0.717) is 0 Å². The molecule has 1 aromatic carbocycles. The predicted molar refractivity (Wildman–Crippen MR) is 79.9 cm³/mol. The topological polar surface area (TPSA) is 60.4 Å². The Hall–Kier alpha value is -1.97. The van der Waals surface area contributed by atoms with Gasteiger partial charge in [0.15, 0.2) is 0 Å². The van der Waals surface area contributed by atoms with E-state index in [2.05, 4.69) is 0 Å². The van der Waals surface area contributed by atoms with Gasteiger partial charge >= 0.3 is 5.97 Å². The molecule has 0 amide bonds. The average molecular weight is 290 g/mol. The largest absolute Gasteiger partial charge is 0.459 e. The van der Waals surface area contributed by atoms with Gasteiger partial charge in [-0.25, -0.2) is 0 Å². The summed E-state index contributed by atoms with van der Waals surface area (Å²) in [6.45, 7) is 6.60. The molecule has 0 heterocycles. The van der Waals surface area contributed by atoms with Crippen molar-refractivity contribution in [2.75, 3.05) is 0 Å². The van der Waals surface area contributed by atoms with E-state index in [1.165, 1.54) is 6.92 Å². The van der Waals surface area contributed by atoms with Crippen LogP contribution in [0, 0.1) is 5.92 Å². The SMILES string of the molecule is CC(=O)C(C(=O)OC(C)(C)C)C(CC=O)c1ccccc1. The summed E-state index contributed by atoms with van der Waals surface area (Å²) in [5.74, 6) is -2.32. The number of Topliss-reactive ketones (excluding diaryl/α,β-unsaturated/α-hetero) is 1. The van der Waals surface area contributed by atoms with Gasteiger partial charge in [-0.05, 0) is 33.3 Å². The molecule has 0 aliphatic rings. The summed E-state index contributed by atoms with van der Waals surface area (Å²) in [4.78, 5) is 35.2. The highest BCUT2D eigenvalue weighted by molar-refractivity contribution is 5.99. The van der Waals surface area contributed by atoms with Crippen LogP contribution in [0.4, 0.5) is 0 Å². The van der Waals surface area contributed by atoms with Crippen LogP contribution in [-0.2, 0) is 19.1 Å². The summed E-state index contributed by atoms with van der Waals surface area (Å²) in [5, 5.41) is 0. The van der Waals surface area contributed by atoms with E-state index in [1.54, 1.807) is 20.8 Å². The van der Waals surface area contributed by atoms with Gasteiger partial charge < -0.3 is 9.53 Å². The molecule has 2 unspecified atom stereocenters. The highest BCUT2D eigenvalue weighted by atomic mass is 16.6. The Morgan fingerprint density at radius 3 is 2.19 bits per heavy atom. The Labute approximate surface area is 125 Å². The fourth-order valence-electron chi connectivity index (χ4n) is 2.25. The van der Waals surface area contributed by atoms with Crippen molar-refractivity contribution in [1.82, 2.24) is 0 Å². The molecule has 0 spiro atoms. The second-order valence-electron chi connectivity index (χ2n) is 6.04. The standard InChI is InChI=1S/C17H22O4/c1-12(19)15(16(20)21-17(2,3)4)14(10-11-18)13-8-6-5-7-9-13/h5-9,11,14-15H,10H2,1-4H3. The van der Waals surface area contributed by atoms with Crippen molar-refractivity contribution in [2.45, 2.75) is 45.6 Å². The maximum absolute atomic E-state index is 12.3. The molecule has 0 bridgehead atoms. The van der Waals surface area contributed by atoms with Gasteiger partial charge in [-0.15, -0.1) is 0 Å². The van der Waals surface area contributed by atoms with Crippen molar-refractivity contribution < 1.29 is 19.1 Å². The third kappa shape index (κ3) is 5.14. The van der Waals surface area contributed by atoms with E-state index in [4.69, 9.17) is 4.74 Å². The minimum absolute atomic E-state index is 0.105. The number of aldehydes is 1. The first-order valence-corrected chi connectivity index (χ1v) is 6.98. The van der Waals surface area contributed by atoms with Crippen molar-refractivity contribution in [3.8, 4) is 0 Å². The molecule has 4 heteroatoms. The van der Waals surface area contributed by atoms with Crippen LogP contribution in [0.2, 0.25) is 0 Å². The van der Waals surface area contributed by atoms with Gasteiger partial charge in [0.1, 0.15) is 23.6 Å². The van der Waals surface area contributed by atoms with Gasteiger partial charge in [0.25, 0.3) is 0 Å². The molecule has 0 aliphatic carbocycles. The van der Waals surface area contributed by atoms with Gasteiger partial charge in [-0.1, -0.05) is 30.3 Å². The Morgan fingerprint density at radius 2 is 1.76 bits per heavy atom. The van der Waals surface area contributed by atoms with Crippen LogP contribution in [0.25, 0.3) is 0 Å². The van der Waals surface area contributed by atoms with E-state index in [1.807, 2.05) is 30.3 Å². The van der Waals surface area contributed by atoms with Crippen LogP contribution in [0.5, 0.6) is 0 Å². The summed E-state index contributed by atoms with van der Waals surface area (Å²) in [7, 11) is 0. The van der Waals surface area contributed by atoms with Crippen molar-refractivity contribution in [3.63, 3.8) is 0 Å². The normalized spacial score (nSPS) is 14.1. The minimum atomic E-state index is -0.961. The van der Waals surface area contributed by atoms with Crippen LogP contribution < -0.4 is 0 Å². The maximum atomic E-state index is 12.3. The minimum Gasteiger partial charge on any atom is -0.459 e. The molecule has 0 aromatic heterocycles. The smallest absolute Gasteiger partial charge is 0.317 e. The number of carbonyl (C=O) groups is 3. The summed E-state index contributed by atoms with van der Waals surface area (Å²) in [5.41, 5.74) is 0.114. The number of ketones is 1. The highest BCUT2D eigenvalue weighted by Gasteiger charge is 2.36. The number of esters is 1. The third-order valence-electron chi connectivity index (χ3n) is 3.08. The van der Waals surface area contributed by atoms with E-state index < -0.39 is 23.4 Å². The molecule has 1 rings (SSSR count). The van der Waals surface area contributed by atoms with E-state index in [9.17, 15) is 14.4 Å². The number of ether oxygens (including phenoxy) is 1. The molecule has 0 N–H and O–H groups in total. The molecule has 0 aliphatic heterocycles. The van der Waals surface area contributed by atoms with Gasteiger partial charge in [-0.3, -0.25) is 9.59 Å². The molecule has 2 atom stereocenters. The molecular formula is C17H22O4. The van der Waals surface area contributed by atoms with Crippen molar-refractivity contribution in [3.05, 3.63) is 35.9 Å². The monoisotopic (exact) mass is 290 g/mol. The zero-order chi connectivity index (χ0) is 16.0. The molecule has 21 heavy (non-hydrogen) atoms. The first kappa shape index (κ1) is 17.1. The number of hydrogen-bond donors (Lipinski definition) is 0. The lowest BCUT2D eigenvalue weighted by atomic mass is 9.81. The summed E-state index contributed by atoms with van der Waals surface area (Å²) < 4.78 is 5.33. The second kappa shape index (κ2) is 7.16. The van der Waals surface area contributed by atoms with Crippen LogP contribution in [-0.4, -0.2) is 23.6 Å². The summed E-state index contributed by atoms with van der Waals surface area (Å²) in [6.07, 6.45) is 0.839. The lowest BCUT2D eigenvalue weighted by Crippen LogP contribution is -2.35. The lowest BCUT2D eigenvalue weighted by molar-refractivity contribution is -0.162. The molecule has 114 valence electrons. The van der Waals surface area contributed by atoms with Crippen molar-refractivity contribution in [2.24, 2.45) is 5.92 Å². The lowest BCUT2D eigenvalue weighted by Gasteiger charge is -2.27. The van der Waals surface area contributed by atoms with E-state index in [0.717, 1.165) is 11.8 Å². The number of hydrogen-bond acceptors (Lipinski definition) is 4. The van der Waals surface area contributed by atoms with E-state index in [-0.39, 0.29) is 12.2 Å². The van der Waals surface area contributed by atoms with Gasteiger partial charge in [-0.2, -0.15) is 0 Å². The Kier molecular flexibility index (Phi) is 5.82. The van der Waals surface area contributed by atoms with E-state index >= 15 is 0 Å². The van der Waals surface area contributed by atoms with Gasteiger partial charge in [0.05, 0.1) is 0 Å². The molecule has 4 nitrogen and oxygen atoms in total. The zero-order valence-electron chi connectivity index (χ0n) is 13.0. The van der Waals surface area contributed by atoms with Crippen LogP contribution in [0.3, 0.4) is 0 Å². The first-order chi connectivity index (χ1) is 9.76. The predicted octanol–water partition coefficient (Wildman–Crippen LogP) is 2.91. The number of benzene rings is 1. The average Bonchev–Trinajstić information content (AvgIpc) is 2.36. The number of rotatable bonds is 6. The Morgan fingerprint density at radius 1 is 1.19 bits per heavy atom. The fraction of sp³-hybridized carbons (Fsp3) is 0.471. The highest BCUT2D eigenvalue weighted by Crippen LogP contribution is 2.30. The van der Waals surface area contributed by atoms with Gasteiger partial charge in [0, 0.05) is 12.3 Å². The zero-order valence-corrected chi connectivity index (χ0v) is 13.0. The molecule has 1 aromatic rings. The molecular weight excluding hydrogens is 268 g/mol. The maximum Gasteiger partial charge on any atom is 0.317 e. The summed E-state index contributed by atoms with van der Waals surface area (Å²) in [6, 6.07) is 9.11. The Bertz CT molecular complexity index is 499. The molecule has 0 saturated carbocycles. The first-order valence-electron chi connectivity index (χ1n) is 6.98. The van der Waals surface area contributed by atoms with Crippen LogP contribution in [0.1, 0.15) is 45.6 Å². The molecule has 0 saturated heterocycles. The molecule has 0 fully saturated rings. The van der Waals surface area contributed by atoms with Crippen molar-refractivity contribution >= 4 is 18.0 Å². The van der Waals surface area contributed by atoms with Crippen LogP contribution in [0.15, 0.2) is 30.3 Å². The number of carbonyl (C=O) groups excluding carboxylic acids is 3. The molecule has 0 radical (unpaired) electrons. The van der Waals surface area contributed by atoms with Gasteiger partial charge in [0.2, 0.25) is 0 Å². The summed E-state index contributed by atoms with van der Waals surface area (Å²) >= 11 is 0. The fourth-order valence-corrected chi connectivity index (χ4v) is 2.25. The van der Waals surface area contributed by atoms with Crippen molar-refractivity contribution in [1.29, 1.82) is 0 Å². The Balaban J connectivity index is 3.13. The second-order valence-corrected chi connectivity index (χ2v) is 6.04. The quantitative estimate of drug-likeness (QED) is 0.459. The van der Waals surface area contributed by atoms with Crippen LogP contribution >= 0.6 is 0 Å².